The van der Waals surface area contributed by atoms with Gasteiger partial charge in [-0.25, -0.2) is 0 Å². The zero-order valence-corrected chi connectivity index (χ0v) is 8.61. The zero-order valence-electron chi connectivity index (χ0n) is 8.61. The Morgan fingerprint density at radius 2 is 2.29 bits per heavy atom. The fourth-order valence-corrected chi connectivity index (χ4v) is 1.57. The fraction of sp³-hybridized carbons (Fsp3) is 0.545. The minimum absolute atomic E-state index is 0.289. The van der Waals surface area contributed by atoms with E-state index in [1.807, 2.05) is 25.1 Å². The first-order valence-corrected chi connectivity index (χ1v) is 5.02. The first kappa shape index (κ1) is 11.1. The number of pyridine rings is 1. The van der Waals surface area contributed by atoms with Gasteiger partial charge < -0.3 is 10.8 Å². The lowest BCUT2D eigenvalue weighted by atomic mass is 9.92. The number of hydrogen-bond acceptors (Lipinski definition) is 3. The molecule has 3 N–H and O–H groups in total. The van der Waals surface area contributed by atoms with Gasteiger partial charge >= 0.3 is 0 Å². The number of nitrogens with zero attached hydrogens (tertiary/aromatic N) is 1. The quantitative estimate of drug-likeness (QED) is 0.738. The smallest absolute Gasteiger partial charge is 0.0824 e. The summed E-state index contributed by atoms with van der Waals surface area (Å²) in [6.45, 7) is 2.33. The highest BCUT2D eigenvalue weighted by atomic mass is 16.3. The lowest BCUT2D eigenvalue weighted by Gasteiger charge is -2.25. The minimum atomic E-state index is -0.789. The van der Waals surface area contributed by atoms with Crippen molar-refractivity contribution in [3.05, 3.63) is 30.1 Å². The van der Waals surface area contributed by atoms with Gasteiger partial charge in [-0.1, -0.05) is 19.4 Å². The van der Waals surface area contributed by atoms with Crippen LogP contribution in [0.1, 0.15) is 25.5 Å². The Kier molecular flexibility index (Phi) is 4.04. The number of nitrogens with two attached hydrogens (primary N) is 1. The predicted octanol–water partition coefficient (Wildman–Crippen LogP) is 1.11. The minimum Gasteiger partial charge on any atom is -0.388 e. The van der Waals surface area contributed by atoms with Gasteiger partial charge in [-0.05, 0) is 18.6 Å². The van der Waals surface area contributed by atoms with Crippen LogP contribution < -0.4 is 5.73 Å². The number of rotatable bonds is 5. The van der Waals surface area contributed by atoms with Crippen LogP contribution in [0, 0.1) is 0 Å². The van der Waals surface area contributed by atoms with E-state index in [0.717, 1.165) is 18.5 Å². The lowest BCUT2D eigenvalue weighted by molar-refractivity contribution is 0.0390. The van der Waals surface area contributed by atoms with E-state index < -0.39 is 5.60 Å². The van der Waals surface area contributed by atoms with Gasteiger partial charge in [0, 0.05) is 24.9 Å². The summed E-state index contributed by atoms with van der Waals surface area (Å²) < 4.78 is 0. The van der Waals surface area contributed by atoms with E-state index in [0.29, 0.717) is 6.42 Å². The van der Waals surface area contributed by atoms with E-state index in [-0.39, 0.29) is 6.54 Å². The molecule has 0 radical (unpaired) electrons. The molecule has 1 atom stereocenters. The molecule has 3 heteroatoms. The maximum absolute atomic E-state index is 10.1. The van der Waals surface area contributed by atoms with Crippen molar-refractivity contribution in [2.75, 3.05) is 6.54 Å². The summed E-state index contributed by atoms with van der Waals surface area (Å²) >= 11 is 0. The van der Waals surface area contributed by atoms with Crippen molar-refractivity contribution in [1.82, 2.24) is 4.98 Å². The van der Waals surface area contributed by atoms with E-state index >= 15 is 0 Å². The van der Waals surface area contributed by atoms with E-state index in [1.165, 1.54) is 0 Å². The highest BCUT2D eigenvalue weighted by Crippen LogP contribution is 2.16. The second-order valence-corrected chi connectivity index (χ2v) is 3.68. The first-order valence-electron chi connectivity index (χ1n) is 5.02. The number of aliphatic hydroxyl groups is 1. The third kappa shape index (κ3) is 3.09. The summed E-state index contributed by atoms with van der Waals surface area (Å²) in [7, 11) is 0. The highest BCUT2D eigenvalue weighted by Gasteiger charge is 2.24. The van der Waals surface area contributed by atoms with E-state index in [2.05, 4.69) is 4.98 Å². The topological polar surface area (TPSA) is 59.1 Å². The molecule has 1 aromatic rings. The van der Waals surface area contributed by atoms with Gasteiger partial charge in [0.25, 0.3) is 0 Å². The van der Waals surface area contributed by atoms with Gasteiger partial charge in [0.1, 0.15) is 0 Å². The van der Waals surface area contributed by atoms with Crippen molar-refractivity contribution in [3.63, 3.8) is 0 Å². The summed E-state index contributed by atoms with van der Waals surface area (Å²) in [6, 6.07) is 5.70. The van der Waals surface area contributed by atoms with Crippen LogP contribution in [0.4, 0.5) is 0 Å². The molecule has 1 unspecified atom stereocenters. The third-order valence-corrected chi connectivity index (χ3v) is 2.33. The molecule has 0 aliphatic carbocycles. The fourth-order valence-electron chi connectivity index (χ4n) is 1.57. The third-order valence-electron chi connectivity index (χ3n) is 2.33. The van der Waals surface area contributed by atoms with Crippen LogP contribution in [-0.4, -0.2) is 22.2 Å². The Morgan fingerprint density at radius 1 is 1.50 bits per heavy atom. The van der Waals surface area contributed by atoms with Gasteiger partial charge in [0.05, 0.1) is 5.60 Å². The zero-order chi connectivity index (χ0) is 10.4. The lowest BCUT2D eigenvalue weighted by Crippen LogP contribution is -2.40. The average Bonchev–Trinajstić information content (AvgIpc) is 2.20. The molecule has 0 aromatic carbocycles. The molecule has 0 aliphatic rings. The Hall–Kier alpha value is -0.930. The molecule has 1 heterocycles. The summed E-state index contributed by atoms with van der Waals surface area (Å²) in [5.41, 5.74) is 5.67. The van der Waals surface area contributed by atoms with E-state index in [9.17, 15) is 5.11 Å². The summed E-state index contributed by atoms with van der Waals surface area (Å²) in [4.78, 5) is 4.18. The molecule has 0 spiro atoms. The second kappa shape index (κ2) is 5.08. The maximum atomic E-state index is 10.1. The first-order chi connectivity index (χ1) is 6.70. The van der Waals surface area contributed by atoms with Gasteiger partial charge in [0.15, 0.2) is 0 Å². The maximum Gasteiger partial charge on any atom is 0.0824 e. The highest BCUT2D eigenvalue weighted by molar-refractivity contribution is 5.07. The predicted molar refractivity (Wildman–Crippen MR) is 56.9 cm³/mol. The molecule has 0 bridgehead atoms. The molecular weight excluding hydrogens is 176 g/mol. The van der Waals surface area contributed by atoms with Gasteiger partial charge in [-0.2, -0.15) is 0 Å². The SMILES string of the molecule is CCCC(O)(CN)Cc1ccccn1. The standard InChI is InChI=1S/C11H18N2O/c1-2-6-11(14,9-12)8-10-5-3-4-7-13-10/h3-5,7,14H,2,6,8-9,12H2,1H3. The van der Waals surface area contributed by atoms with Crippen molar-refractivity contribution < 1.29 is 5.11 Å². The second-order valence-electron chi connectivity index (χ2n) is 3.68. The Balaban J connectivity index is 2.65. The van der Waals surface area contributed by atoms with E-state index in [4.69, 9.17) is 5.73 Å². The molecule has 78 valence electrons. The van der Waals surface area contributed by atoms with Gasteiger partial charge in [-0.15, -0.1) is 0 Å². The largest absolute Gasteiger partial charge is 0.388 e. The van der Waals surface area contributed by atoms with Crippen LogP contribution in [0.3, 0.4) is 0 Å². The van der Waals surface area contributed by atoms with Crippen LogP contribution in [0.15, 0.2) is 24.4 Å². The van der Waals surface area contributed by atoms with Crippen molar-refractivity contribution in [2.45, 2.75) is 31.8 Å². The molecule has 1 aromatic heterocycles. The van der Waals surface area contributed by atoms with Crippen molar-refractivity contribution in [1.29, 1.82) is 0 Å². The number of aromatic nitrogens is 1. The molecule has 0 aliphatic heterocycles. The molecule has 14 heavy (non-hydrogen) atoms. The molecule has 0 saturated heterocycles. The molecule has 0 amide bonds. The molecule has 0 fully saturated rings. The Bertz CT molecular complexity index is 263. The monoisotopic (exact) mass is 194 g/mol. The van der Waals surface area contributed by atoms with Gasteiger partial charge in [-0.3, -0.25) is 4.98 Å². The van der Waals surface area contributed by atoms with Crippen molar-refractivity contribution in [3.8, 4) is 0 Å². The molecule has 1 rings (SSSR count). The summed E-state index contributed by atoms with van der Waals surface area (Å²) in [6.07, 6.45) is 3.93. The summed E-state index contributed by atoms with van der Waals surface area (Å²) in [5.74, 6) is 0. The van der Waals surface area contributed by atoms with Crippen LogP contribution in [0.2, 0.25) is 0 Å². The Morgan fingerprint density at radius 3 is 2.79 bits per heavy atom. The summed E-state index contributed by atoms with van der Waals surface area (Å²) in [5, 5.41) is 10.1. The van der Waals surface area contributed by atoms with Crippen LogP contribution in [-0.2, 0) is 6.42 Å². The van der Waals surface area contributed by atoms with Crippen LogP contribution in [0.5, 0.6) is 0 Å². The van der Waals surface area contributed by atoms with Crippen molar-refractivity contribution in [2.24, 2.45) is 5.73 Å². The molecule has 3 nitrogen and oxygen atoms in total. The molecular formula is C11H18N2O. The number of hydrogen-bond donors (Lipinski definition) is 2. The van der Waals surface area contributed by atoms with Crippen molar-refractivity contribution >= 4 is 0 Å². The van der Waals surface area contributed by atoms with E-state index in [1.54, 1.807) is 6.20 Å². The van der Waals surface area contributed by atoms with Gasteiger partial charge in [0.2, 0.25) is 0 Å². The van der Waals surface area contributed by atoms with Crippen LogP contribution in [0.25, 0.3) is 0 Å². The normalized spacial score (nSPS) is 15.1. The molecule has 0 saturated carbocycles. The average molecular weight is 194 g/mol. The van der Waals surface area contributed by atoms with Crippen LogP contribution >= 0.6 is 0 Å². The Labute approximate surface area is 85.0 Å².